The van der Waals surface area contributed by atoms with Crippen LogP contribution in [0.4, 0.5) is 10.2 Å². The van der Waals surface area contributed by atoms with Crippen LogP contribution in [0.5, 0.6) is 0 Å². The molecule has 1 N–H and O–H groups in total. The fourth-order valence-corrected chi connectivity index (χ4v) is 3.41. The van der Waals surface area contributed by atoms with Crippen molar-refractivity contribution >= 4 is 21.7 Å². The quantitative estimate of drug-likeness (QED) is 0.657. The number of hydrogen-bond acceptors (Lipinski definition) is 2. The molecule has 122 valence electrons. The van der Waals surface area contributed by atoms with Crippen molar-refractivity contribution in [3.05, 3.63) is 64.4 Å². The van der Waals surface area contributed by atoms with E-state index in [1.807, 2.05) is 35.0 Å². The maximum Gasteiger partial charge on any atom is 0.133 e. The molecule has 0 atom stereocenters. The molecular weight excluding hydrogens is 369 g/mol. The maximum absolute atomic E-state index is 14.3. The molecule has 2 aromatic carbocycles. The predicted molar refractivity (Wildman–Crippen MR) is 98.1 cm³/mol. The van der Waals surface area contributed by atoms with Gasteiger partial charge in [-0.1, -0.05) is 28.1 Å². The van der Waals surface area contributed by atoms with Crippen LogP contribution in [0.2, 0.25) is 0 Å². The highest BCUT2D eigenvalue weighted by Crippen LogP contribution is 2.35. The first-order valence-corrected chi connectivity index (χ1v) is 8.90. The maximum atomic E-state index is 14.3. The van der Waals surface area contributed by atoms with Gasteiger partial charge in [0.2, 0.25) is 0 Å². The SMILES string of the molecule is Fc1ccccc1-c1nn(-c2ccc(Br)cc2)c2c1CCCCN2. The minimum absolute atomic E-state index is 0.231. The molecule has 0 saturated carbocycles. The van der Waals surface area contributed by atoms with E-state index in [-0.39, 0.29) is 5.82 Å². The molecule has 0 saturated heterocycles. The summed E-state index contributed by atoms with van der Waals surface area (Å²) in [5, 5.41) is 8.25. The molecule has 1 aliphatic heterocycles. The molecule has 0 bridgehead atoms. The summed E-state index contributed by atoms with van der Waals surface area (Å²) in [6.07, 6.45) is 3.09. The third kappa shape index (κ3) is 2.73. The van der Waals surface area contributed by atoms with Crippen LogP contribution in [-0.2, 0) is 6.42 Å². The number of benzene rings is 2. The van der Waals surface area contributed by atoms with E-state index in [1.165, 1.54) is 6.07 Å². The number of rotatable bonds is 2. The fraction of sp³-hybridized carbons (Fsp3) is 0.211. The minimum atomic E-state index is -0.231. The van der Waals surface area contributed by atoms with E-state index in [9.17, 15) is 4.39 Å². The Hall–Kier alpha value is -2.14. The Kier molecular flexibility index (Phi) is 4.10. The van der Waals surface area contributed by atoms with Crippen molar-refractivity contribution in [2.45, 2.75) is 19.3 Å². The van der Waals surface area contributed by atoms with Gasteiger partial charge in [-0.2, -0.15) is 5.10 Å². The summed E-state index contributed by atoms with van der Waals surface area (Å²) in [5.74, 6) is 0.748. The largest absolute Gasteiger partial charge is 0.370 e. The van der Waals surface area contributed by atoms with E-state index in [0.29, 0.717) is 5.56 Å². The Labute approximate surface area is 148 Å². The average Bonchev–Trinajstić information content (AvgIpc) is 2.78. The Morgan fingerprint density at radius 3 is 2.62 bits per heavy atom. The first-order valence-electron chi connectivity index (χ1n) is 8.10. The van der Waals surface area contributed by atoms with Gasteiger partial charge in [0.25, 0.3) is 0 Å². The normalized spacial score (nSPS) is 13.9. The Morgan fingerprint density at radius 1 is 1.04 bits per heavy atom. The summed E-state index contributed by atoms with van der Waals surface area (Å²) in [6, 6.07) is 14.9. The molecule has 1 aromatic heterocycles. The minimum Gasteiger partial charge on any atom is -0.370 e. The van der Waals surface area contributed by atoms with E-state index >= 15 is 0 Å². The van der Waals surface area contributed by atoms with Crippen molar-refractivity contribution in [2.24, 2.45) is 0 Å². The zero-order valence-electron chi connectivity index (χ0n) is 13.1. The van der Waals surface area contributed by atoms with Gasteiger partial charge in [-0.05, 0) is 55.7 Å². The summed E-state index contributed by atoms with van der Waals surface area (Å²) >= 11 is 3.46. The standard InChI is InChI=1S/C19H17BrFN3/c20-13-8-10-14(11-9-13)24-19-16(6-3-4-12-22-19)18(23-24)15-5-1-2-7-17(15)21/h1-2,5,7-11,22H,3-4,6,12H2. The molecule has 5 heteroatoms. The number of fused-ring (bicyclic) bond motifs is 1. The van der Waals surface area contributed by atoms with Crippen molar-refractivity contribution in [2.75, 3.05) is 11.9 Å². The van der Waals surface area contributed by atoms with Gasteiger partial charge in [-0.15, -0.1) is 0 Å². The molecule has 24 heavy (non-hydrogen) atoms. The van der Waals surface area contributed by atoms with Crippen molar-refractivity contribution in [1.82, 2.24) is 9.78 Å². The summed E-state index contributed by atoms with van der Waals surface area (Å²) in [4.78, 5) is 0. The summed E-state index contributed by atoms with van der Waals surface area (Å²) in [6.45, 7) is 0.909. The van der Waals surface area contributed by atoms with Crippen LogP contribution in [0.1, 0.15) is 18.4 Å². The van der Waals surface area contributed by atoms with E-state index in [0.717, 1.165) is 53.0 Å². The Bertz CT molecular complexity index is 871. The first kappa shape index (κ1) is 15.4. The Morgan fingerprint density at radius 2 is 1.83 bits per heavy atom. The van der Waals surface area contributed by atoms with Gasteiger partial charge in [-0.3, -0.25) is 0 Å². The zero-order chi connectivity index (χ0) is 16.5. The van der Waals surface area contributed by atoms with Gasteiger partial charge in [0.05, 0.1) is 5.69 Å². The summed E-state index contributed by atoms with van der Waals surface area (Å²) in [7, 11) is 0. The topological polar surface area (TPSA) is 29.9 Å². The molecule has 0 aliphatic carbocycles. The third-order valence-corrected chi connectivity index (χ3v) is 4.86. The van der Waals surface area contributed by atoms with Gasteiger partial charge in [0.1, 0.15) is 17.3 Å². The molecular formula is C19H17BrFN3. The van der Waals surface area contributed by atoms with Crippen molar-refractivity contribution in [3.8, 4) is 16.9 Å². The molecule has 1 aliphatic rings. The lowest BCUT2D eigenvalue weighted by atomic mass is 10.0. The number of anilines is 1. The van der Waals surface area contributed by atoms with Crippen molar-refractivity contribution in [1.29, 1.82) is 0 Å². The monoisotopic (exact) mass is 385 g/mol. The molecule has 3 nitrogen and oxygen atoms in total. The summed E-state index contributed by atoms with van der Waals surface area (Å²) < 4.78 is 17.3. The lowest BCUT2D eigenvalue weighted by Gasteiger charge is -2.09. The summed E-state index contributed by atoms with van der Waals surface area (Å²) in [5.41, 5.74) is 3.36. The number of nitrogens with one attached hydrogen (secondary N) is 1. The van der Waals surface area contributed by atoms with Gasteiger partial charge in [0, 0.05) is 22.1 Å². The van der Waals surface area contributed by atoms with Gasteiger partial charge in [0.15, 0.2) is 0 Å². The average molecular weight is 386 g/mol. The van der Waals surface area contributed by atoms with Crippen LogP contribution in [0.15, 0.2) is 53.0 Å². The zero-order valence-corrected chi connectivity index (χ0v) is 14.7. The number of halogens is 2. The van der Waals surface area contributed by atoms with Crippen LogP contribution in [0.25, 0.3) is 16.9 Å². The van der Waals surface area contributed by atoms with Gasteiger partial charge in [-0.25, -0.2) is 9.07 Å². The molecule has 0 radical (unpaired) electrons. The lowest BCUT2D eigenvalue weighted by molar-refractivity contribution is 0.630. The van der Waals surface area contributed by atoms with Crippen LogP contribution in [0.3, 0.4) is 0 Å². The van der Waals surface area contributed by atoms with Crippen molar-refractivity contribution in [3.63, 3.8) is 0 Å². The number of aromatic nitrogens is 2. The highest BCUT2D eigenvalue weighted by molar-refractivity contribution is 9.10. The van der Waals surface area contributed by atoms with Gasteiger partial charge >= 0.3 is 0 Å². The highest BCUT2D eigenvalue weighted by atomic mass is 79.9. The van der Waals surface area contributed by atoms with E-state index in [1.54, 1.807) is 12.1 Å². The van der Waals surface area contributed by atoms with E-state index in [2.05, 4.69) is 21.2 Å². The van der Waals surface area contributed by atoms with Crippen LogP contribution in [-0.4, -0.2) is 16.3 Å². The number of hydrogen-bond donors (Lipinski definition) is 1. The highest BCUT2D eigenvalue weighted by Gasteiger charge is 2.23. The fourth-order valence-electron chi connectivity index (χ4n) is 3.14. The van der Waals surface area contributed by atoms with E-state index in [4.69, 9.17) is 5.10 Å². The third-order valence-electron chi connectivity index (χ3n) is 4.33. The van der Waals surface area contributed by atoms with Crippen LogP contribution < -0.4 is 5.32 Å². The lowest BCUT2D eigenvalue weighted by Crippen LogP contribution is -2.07. The molecule has 3 aromatic rings. The molecule has 0 amide bonds. The second-order valence-electron chi connectivity index (χ2n) is 5.93. The molecule has 0 spiro atoms. The van der Waals surface area contributed by atoms with Gasteiger partial charge < -0.3 is 5.32 Å². The van der Waals surface area contributed by atoms with E-state index < -0.39 is 0 Å². The second kappa shape index (κ2) is 6.40. The molecule has 4 rings (SSSR count). The molecule has 0 fully saturated rings. The smallest absolute Gasteiger partial charge is 0.133 e. The number of nitrogens with zero attached hydrogens (tertiary/aromatic N) is 2. The first-order chi connectivity index (χ1) is 11.7. The molecule has 2 heterocycles. The second-order valence-corrected chi connectivity index (χ2v) is 6.84. The van der Waals surface area contributed by atoms with Crippen LogP contribution in [0, 0.1) is 5.82 Å². The predicted octanol–water partition coefficient (Wildman–Crippen LogP) is 5.19. The van der Waals surface area contributed by atoms with Crippen molar-refractivity contribution < 1.29 is 4.39 Å². The molecule has 0 unspecified atom stereocenters. The van der Waals surface area contributed by atoms with Crippen LogP contribution >= 0.6 is 15.9 Å². The Balaban J connectivity index is 1.92.